The number of rotatable bonds is 9. The SMILES string of the molecule is CS(=O)(=O)OC1CN(C(=O)N2CCCN(C3CCC3)CC2)C1.NC1CN(C(=O)N2CCCN(C3CCC3)CC2)C1.[N-]=[N+]=NC1CN(C(=O)N2CCCN(C3CCC3)CC2)C1.[N-]=[N+]=[N-].[Na+].c1ccc(P(c2ccccc2)c2ccccc2)cc1. The van der Waals surface area contributed by atoms with Crippen molar-refractivity contribution in [2.45, 2.75) is 113 Å². The van der Waals surface area contributed by atoms with Crippen LogP contribution in [0.15, 0.2) is 96.1 Å². The molecule has 0 bridgehead atoms. The van der Waals surface area contributed by atoms with Crippen molar-refractivity contribution in [3.05, 3.63) is 117 Å². The smallest absolute Gasteiger partial charge is 0.373 e. The number of likely N-dealkylation sites (tertiary alicyclic amines) is 3. The maximum absolute atomic E-state index is 12.4. The van der Waals surface area contributed by atoms with Gasteiger partial charge >= 0.3 is 47.7 Å². The Labute approximate surface area is 515 Å². The van der Waals surface area contributed by atoms with Crippen LogP contribution < -0.4 is 51.2 Å². The predicted octanol–water partition coefficient (Wildman–Crippen LogP) is 3.61. The van der Waals surface area contributed by atoms with Crippen LogP contribution in [0.4, 0.5) is 14.4 Å². The molecule has 6 heterocycles. The molecule has 3 aromatic rings. The average molecular weight is 1190 g/mol. The molecule has 2 N–H and O–H groups in total. The molecular formula is C58H86N16NaO6PS. The van der Waals surface area contributed by atoms with Gasteiger partial charge in [0.25, 0.3) is 10.1 Å². The predicted molar refractivity (Wildman–Crippen MR) is 323 cm³/mol. The van der Waals surface area contributed by atoms with Gasteiger partial charge in [0, 0.05) is 134 Å². The van der Waals surface area contributed by atoms with Crippen LogP contribution in [0.2, 0.25) is 0 Å². The summed E-state index contributed by atoms with van der Waals surface area (Å²) in [6.45, 7) is 14.8. The molecule has 0 radical (unpaired) electrons. The maximum atomic E-state index is 12.4. The molecule has 9 aliphatic rings. The number of benzene rings is 3. The van der Waals surface area contributed by atoms with Crippen molar-refractivity contribution in [1.29, 1.82) is 0 Å². The van der Waals surface area contributed by atoms with Crippen molar-refractivity contribution >= 4 is 52.0 Å². The molecule has 6 amide bonds. The minimum atomic E-state index is -3.44. The van der Waals surface area contributed by atoms with Crippen LogP contribution in [0.25, 0.3) is 26.4 Å². The number of amides is 6. The normalized spacial score (nSPS) is 21.4. The molecule has 6 aliphatic heterocycles. The quantitative estimate of drug-likeness (QED) is 0.0813. The Morgan fingerprint density at radius 3 is 1.11 bits per heavy atom. The Morgan fingerprint density at radius 1 is 0.494 bits per heavy atom. The van der Waals surface area contributed by atoms with Crippen molar-refractivity contribution in [2.75, 3.05) is 124 Å². The summed E-state index contributed by atoms with van der Waals surface area (Å²) in [6.07, 6.45) is 15.9. The molecule has 3 saturated carbocycles. The topological polar surface area (TPSA) is 257 Å². The van der Waals surface area contributed by atoms with Crippen LogP contribution in [0.5, 0.6) is 0 Å². The minimum absolute atomic E-state index is 0. The number of azide groups is 1. The molecule has 3 aromatic carbocycles. The Morgan fingerprint density at radius 2 is 0.819 bits per heavy atom. The standard InChI is InChI=1S/C18H15P.C14H25N3O4S.C13H22N6O.C13H24N4O.N3.Na/c1-4-10-16(11-5-1)19(17-12-6-2-7-13-17)18-14-8-3-9-15-18;1-22(19,20)21-13-10-17(11-13)14(18)16-7-3-6-15(8-9-16)12-4-2-5-12;14-16-15-11-9-19(10-11)13(20)18-6-2-5-17(7-8-18)12-3-1-4-12;14-11-9-17(10-11)13(18)16-6-2-5-15(7-8-16)12-3-1-4-12;1-3-2;/h1-15H;12-13H,2-11H2,1H3;11-12H,1-10H2;11-12H,1-10,14H2;;/q;;;;-1;+1. The number of hydrogen-bond acceptors (Lipinski definition) is 11. The van der Waals surface area contributed by atoms with Crippen molar-refractivity contribution in [1.82, 2.24) is 44.1 Å². The van der Waals surface area contributed by atoms with Crippen LogP contribution >= 0.6 is 7.92 Å². The Bertz CT molecular complexity index is 2580. The second-order valence-corrected chi connectivity index (χ2v) is 26.7. The van der Waals surface area contributed by atoms with E-state index >= 15 is 0 Å². The number of urea groups is 3. The zero-order valence-electron chi connectivity index (χ0n) is 48.9. The summed E-state index contributed by atoms with van der Waals surface area (Å²) in [5.74, 6) is 0. The third-order valence-electron chi connectivity index (χ3n) is 17.2. The second kappa shape index (κ2) is 33.2. The number of carbonyl (C=O) groups excluding carboxylic acids is 3. The second-order valence-electron chi connectivity index (χ2n) is 22.9. The van der Waals surface area contributed by atoms with Gasteiger partial charge in [0.15, 0.2) is 0 Å². The summed E-state index contributed by atoms with van der Waals surface area (Å²) in [5, 5.41) is 7.83. The summed E-state index contributed by atoms with van der Waals surface area (Å²) in [7, 11) is -3.88. The van der Waals surface area contributed by atoms with Crippen LogP contribution in [-0.2, 0) is 14.3 Å². The third-order valence-corrected chi connectivity index (χ3v) is 20.2. The molecule has 12 rings (SSSR count). The first-order valence-electron chi connectivity index (χ1n) is 29.8. The largest absolute Gasteiger partial charge is 1.00 e. The maximum Gasteiger partial charge on any atom is 1.00 e. The fraction of sp³-hybridized carbons (Fsp3) is 0.638. The minimum Gasteiger partial charge on any atom is -0.373 e. The fourth-order valence-electron chi connectivity index (χ4n) is 11.8. The van der Waals surface area contributed by atoms with E-state index in [2.05, 4.69) is 116 Å². The monoisotopic (exact) mass is 1190 g/mol. The van der Waals surface area contributed by atoms with E-state index in [1.807, 2.05) is 19.6 Å². The number of nitrogens with zero attached hydrogens (tertiary/aromatic N) is 15. The van der Waals surface area contributed by atoms with Gasteiger partial charge in [-0.2, -0.15) is 8.42 Å². The Kier molecular flexibility index (Phi) is 26.4. The molecule has 6 saturated heterocycles. The average Bonchev–Trinajstić information content (AvgIpc) is 3.94. The van der Waals surface area contributed by atoms with Crippen molar-refractivity contribution < 1.29 is 56.5 Å². The first-order chi connectivity index (χ1) is 39.8. The van der Waals surface area contributed by atoms with Gasteiger partial charge in [-0.1, -0.05) is 115 Å². The number of nitrogens with two attached hydrogens (primary N) is 1. The molecule has 0 atom stereocenters. The summed E-state index contributed by atoms with van der Waals surface area (Å²) < 4.78 is 27.0. The van der Waals surface area contributed by atoms with E-state index in [1.165, 1.54) is 78.6 Å². The van der Waals surface area contributed by atoms with E-state index in [4.69, 9.17) is 26.5 Å². The Hall–Kier alpha value is -4.73. The van der Waals surface area contributed by atoms with Crippen LogP contribution in [0.3, 0.4) is 0 Å². The molecule has 25 heteroatoms. The Balaban J connectivity index is 0.000000156. The molecular weight excluding hydrogens is 1100 g/mol. The molecule has 9 fully saturated rings. The van der Waals surface area contributed by atoms with Crippen molar-refractivity contribution in [3.63, 3.8) is 0 Å². The molecule has 0 unspecified atom stereocenters. The van der Waals surface area contributed by atoms with E-state index in [9.17, 15) is 22.8 Å². The van der Waals surface area contributed by atoms with E-state index in [1.54, 1.807) is 9.80 Å². The van der Waals surface area contributed by atoms with Crippen molar-refractivity contribution in [2.24, 2.45) is 10.8 Å². The van der Waals surface area contributed by atoms with Crippen LogP contribution in [-0.4, -0.2) is 231 Å². The fourth-order valence-corrected chi connectivity index (χ4v) is 14.8. The van der Waals surface area contributed by atoms with E-state index in [0.717, 1.165) is 135 Å². The molecule has 0 spiro atoms. The first-order valence-corrected chi connectivity index (χ1v) is 32.9. The van der Waals surface area contributed by atoms with Crippen molar-refractivity contribution in [3.8, 4) is 0 Å². The zero-order chi connectivity index (χ0) is 57.8. The van der Waals surface area contributed by atoms with Gasteiger partial charge in [0.2, 0.25) is 0 Å². The molecule has 22 nitrogen and oxygen atoms in total. The first kappa shape index (κ1) is 65.8. The number of hydrogen-bond donors (Lipinski definition) is 1. The molecule has 0 aromatic heterocycles. The van der Waals surface area contributed by atoms with Gasteiger partial charge in [0.1, 0.15) is 6.10 Å². The van der Waals surface area contributed by atoms with Crippen LogP contribution in [0.1, 0.15) is 77.0 Å². The summed E-state index contributed by atoms with van der Waals surface area (Å²) in [4.78, 5) is 60.2. The molecule has 3 aliphatic carbocycles. The van der Waals surface area contributed by atoms with Gasteiger partial charge in [-0.15, -0.1) is 0 Å². The summed E-state index contributed by atoms with van der Waals surface area (Å²) in [5.41, 5.74) is 27.6. The van der Waals surface area contributed by atoms with E-state index in [0.29, 0.717) is 26.2 Å². The third kappa shape index (κ3) is 19.4. The van der Waals surface area contributed by atoms with Crippen LogP contribution in [0, 0.1) is 0 Å². The zero-order valence-corrected chi connectivity index (χ0v) is 52.6. The van der Waals surface area contributed by atoms with E-state index < -0.39 is 18.0 Å². The van der Waals surface area contributed by atoms with Gasteiger partial charge in [-0.05, 0) is 87.2 Å². The molecule has 446 valence electrons. The summed E-state index contributed by atoms with van der Waals surface area (Å²) in [6, 6.07) is 35.1. The summed E-state index contributed by atoms with van der Waals surface area (Å²) >= 11 is 0. The van der Waals surface area contributed by atoms with E-state index in [-0.39, 0.29) is 65.8 Å². The van der Waals surface area contributed by atoms with Gasteiger partial charge in [0.05, 0.1) is 25.4 Å². The number of carbonyl (C=O) groups is 3. The van der Waals surface area contributed by atoms with Gasteiger partial charge in [-0.25, -0.2) is 14.4 Å². The molecule has 83 heavy (non-hydrogen) atoms. The van der Waals surface area contributed by atoms with Gasteiger partial charge in [-0.3, -0.25) is 23.8 Å². The van der Waals surface area contributed by atoms with Gasteiger partial charge < -0.3 is 46.2 Å².